The Morgan fingerprint density at radius 1 is 1.33 bits per heavy atom. The predicted octanol–water partition coefficient (Wildman–Crippen LogP) is 0.185. The standard InChI is InChI=1S/C14H18N2O4S/c1-16-9-11(7-13(16)17)14(18)15-8-10-3-5-12(6-4-10)21(2,19)20/h3-6,11H,7-9H2,1-2H3,(H,15,18). The molecule has 1 aliphatic rings. The van der Waals surface area contributed by atoms with Gasteiger partial charge < -0.3 is 10.2 Å². The lowest BCUT2D eigenvalue weighted by molar-refractivity contribution is -0.128. The maximum Gasteiger partial charge on any atom is 0.225 e. The van der Waals surface area contributed by atoms with Crippen LogP contribution in [0, 0.1) is 5.92 Å². The Morgan fingerprint density at radius 2 is 1.95 bits per heavy atom. The molecule has 1 fully saturated rings. The van der Waals surface area contributed by atoms with E-state index in [9.17, 15) is 18.0 Å². The van der Waals surface area contributed by atoms with E-state index in [1.165, 1.54) is 12.1 Å². The van der Waals surface area contributed by atoms with Gasteiger partial charge in [0, 0.05) is 32.8 Å². The molecule has 0 radical (unpaired) electrons. The van der Waals surface area contributed by atoms with Crippen molar-refractivity contribution in [2.24, 2.45) is 5.92 Å². The monoisotopic (exact) mass is 310 g/mol. The summed E-state index contributed by atoms with van der Waals surface area (Å²) in [5.41, 5.74) is 0.813. The molecule has 114 valence electrons. The minimum Gasteiger partial charge on any atom is -0.352 e. The minimum atomic E-state index is -3.21. The summed E-state index contributed by atoms with van der Waals surface area (Å²) in [4.78, 5) is 25.1. The number of carbonyl (C=O) groups excluding carboxylic acids is 2. The molecule has 0 aromatic heterocycles. The van der Waals surface area contributed by atoms with Crippen molar-refractivity contribution in [2.75, 3.05) is 19.8 Å². The van der Waals surface area contributed by atoms with Gasteiger partial charge in [0.1, 0.15) is 0 Å². The maximum atomic E-state index is 12.0. The highest BCUT2D eigenvalue weighted by atomic mass is 32.2. The van der Waals surface area contributed by atoms with Crippen LogP contribution in [0.4, 0.5) is 0 Å². The van der Waals surface area contributed by atoms with E-state index in [1.54, 1.807) is 24.1 Å². The Morgan fingerprint density at radius 3 is 2.43 bits per heavy atom. The summed E-state index contributed by atoms with van der Waals surface area (Å²) in [5.74, 6) is -0.481. The summed E-state index contributed by atoms with van der Waals surface area (Å²) in [7, 11) is -1.53. The summed E-state index contributed by atoms with van der Waals surface area (Å²) in [6.45, 7) is 0.759. The molecule has 0 bridgehead atoms. The molecule has 1 unspecified atom stereocenters. The first-order chi connectivity index (χ1) is 9.77. The number of amides is 2. The number of likely N-dealkylation sites (tertiary alicyclic amines) is 1. The van der Waals surface area contributed by atoms with Crippen LogP contribution in [-0.2, 0) is 26.0 Å². The van der Waals surface area contributed by atoms with Crippen LogP contribution in [0.5, 0.6) is 0 Å². The Hall–Kier alpha value is -1.89. The molecule has 7 heteroatoms. The van der Waals surface area contributed by atoms with Crippen molar-refractivity contribution in [2.45, 2.75) is 17.9 Å². The molecule has 1 aliphatic heterocycles. The number of nitrogens with zero attached hydrogens (tertiary/aromatic N) is 1. The predicted molar refractivity (Wildman–Crippen MR) is 77.1 cm³/mol. The summed E-state index contributed by atoms with van der Waals surface area (Å²) < 4.78 is 22.7. The van der Waals surface area contributed by atoms with Gasteiger partial charge in [-0.3, -0.25) is 9.59 Å². The van der Waals surface area contributed by atoms with Crippen LogP contribution in [0.3, 0.4) is 0 Å². The topological polar surface area (TPSA) is 83.6 Å². The van der Waals surface area contributed by atoms with Crippen molar-refractivity contribution in [3.63, 3.8) is 0 Å². The molecule has 1 heterocycles. The lowest BCUT2D eigenvalue weighted by Gasteiger charge is -2.11. The molecule has 1 saturated heterocycles. The highest BCUT2D eigenvalue weighted by Gasteiger charge is 2.31. The van der Waals surface area contributed by atoms with Crippen molar-refractivity contribution in [1.82, 2.24) is 10.2 Å². The number of sulfone groups is 1. The molecular formula is C14H18N2O4S. The third-order valence-electron chi connectivity index (χ3n) is 3.53. The summed E-state index contributed by atoms with van der Waals surface area (Å²) in [5, 5.41) is 2.77. The fourth-order valence-electron chi connectivity index (χ4n) is 2.23. The van der Waals surface area contributed by atoms with Crippen LogP contribution in [-0.4, -0.2) is 45.0 Å². The molecule has 1 aromatic rings. The SMILES string of the molecule is CN1CC(C(=O)NCc2ccc(S(C)(=O)=O)cc2)CC1=O. The molecule has 6 nitrogen and oxygen atoms in total. The largest absolute Gasteiger partial charge is 0.352 e. The third-order valence-corrected chi connectivity index (χ3v) is 4.66. The van der Waals surface area contributed by atoms with E-state index in [-0.39, 0.29) is 29.0 Å². The van der Waals surface area contributed by atoms with Gasteiger partial charge in [-0.2, -0.15) is 0 Å². The molecule has 21 heavy (non-hydrogen) atoms. The van der Waals surface area contributed by atoms with Crippen molar-refractivity contribution < 1.29 is 18.0 Å². The fourth-order valence-corrected chi connectivity index (χ4v) is 2.86. The molecule has 2 amide bonds. The van der Waals surface area contributed by atoms with E-state index in [2.05, 4.69) is 5.32 Å². The van der Waals surface area contributed by atoms with Crippen LogP contribution < -0.4 is 5.32 Å². The summed E-state index contributed by atoms with van der Waals surface area (Å²) >= 11 is 0. The number of nitrogens with one attached hydrogen (secondary N) is 1. The molecule has 1 atom stereocenters. The van der Waals surface area contributed by atoms with Crippen molar-refractivity contribution in [3.8, 4) is 0 Å². The second-order valence-electron chi connectivity index (χ2n) is 5.31. The number of hydrogen-bond acceptors (Lipinski definition) is 4. The quantitative estimate of drug-likeness (QED) is 0.860. The van der Waals surface area contributed by atoms with E-state index >= 15 is 0 Å². The van der Waals surface area contributed by atoms with E-state index in [1.807, 2.05) is 0 Å². The second-order valence-corrected chi connectivity index (χ2v) is 7.32. The third kappa shape index (κ3) is 3.81. The molecule has 1 aromatic carbocycles. The van der Waals surface area contributed by atoms with Gasteiger partial charge in [-0.25, -0.2) is 8.42 Å². The Kier molecular flexibility index (Phi) is 4.32. The van der Waals surface area contributed by atoms with Gasteiger partial charge in [-0.05, 0) is 17.7 Å². The van der Waals surface area contributed by atoms with Crippen LogP contribution in [0.25, 0.3) is 0 Å². The first-order valence-corrected chi connectivity index (χ1v) is 8.47. The van der Waals surface area contributed by atoms with Crippen LogP contribution >= 0.6 is 0 Å². The van der Waals surface area contributed by atoms with Gasteiger partial charge in [0.2, 0.25) is 11.8 Å². The average Bonchev–Trinajstić information content (AvgIpc) is 2.75. The zero-order valence-corrected chi connectivity index (χ0v) is 12.8. The van der Waals surface area contributed by atoms with Crippen molar-refractivity contribution in [1.29, 1.82) is 0 Å². The molecule has 1 N–H and O–H groups in total. The van der Waals surface area contributed by atoms with Crippen LogP contribution in [0.15, 0.2) is 29.2 Å². The van der Waals surface area contributed by atoms with Gasteiger partial charge in [0.25, 0.3) is 0 Å². The molecular weight excluding hydrogens is 292 g/mol. The number of rotatable bonds is 4. The zero-order chi connectivity index (χ0) is 15.6. The van der Waals surface area contributed by atoms with Gasteiger partial charge in [0.15, 0.2) is 9.84 Å². The lowest BCUT2D eigenvalue weighted by atomic mass is 10.1. The van der Waals surface area contributed by atoms with Crippen LogP contribution in [0.2, 0.25) is 0 Å². The lowest BCUT2D eigenvalue weighted by Crippen LogP contribution is -2.31. The number of hydrogen-bond donors (Lipinski definition) is 1. The normalized spacial score (nSPS) is 18.9. The Balaban J connectivity index is 1.91. The molecule has 2 rings (SSSR count). The fraction of sp³-hybridized carbons (Fsp3) is 0.429. The van der Waals surface area contributed by atoms with E-state index in [0.717, 1.165) is 11.8 Å². The van der Waals surface area contributed by atoms with Gasteiger partial charge in [-0.1, -0.05) is 12.1 Å². The van der Waals surface area contributed by atoms with Crippen molar-refractivity contribution in [3.05, 3.63) is 29.8 Å². The molecule has 0 saturated carbocycles. The Labute approximate surface area is 124 Å². The summed E-state index contributed by atoms with van der Waals surface area (Å²) in [6, 6.07) is 6.37. The highest BCUT2D eigenvalue weighted by molar-refractivity contribution is 7.90. The summed E-state index contributed by atoms with van der Waals surface area (Å²) in [6.07, 6.45) is 1.40. The minimum absolute atomic E-state index is 0.0207. The van der Waals surface area contributed by atoms with Crippen LogP contribution in [0.1, 0.15) is 12.0 Å². The van der Waals surface area contributed by atoms with Gasteiger partial charge in [-0.15, -0.1) is 0 Å². The van der Waals surface area contributed by atoms with Crippen molar-refractivity contribution >= 4 is 21.7 Å². The maximum absolute atomic E-state index is 12.0. The zero-order valence-electron chi connectivity index (χ0n) is 12.0. The first kappa shape index (κ1) is 15.5. The molecule has 0 aliphatic carbocycles. The second kappa shape index (κ2) is 5.85. The smallest absolute Gasteiger partial charge is 0.225 e. The number of carbonyl (C=O) groups is 2. The van der Waals surface area contributed by atoms with E-state index in [4.69, 9.17) is 0 Å². The highest BCUT2D eigenvalue weighted by Crippen LogP contribution is 2.16. The van der Waals surface area contributed by atoms with Gasteiger partial charge >= 0.3 is 0 Å². The molecule has 0 spiro atoms. The number of benzene rings is 1. The van der Waals surface area contributed by atoms with E-state index in [0.29, 0.717) is 13.1 Å². The van der Waals surface area contributed by atoms with Gasteiger partial charge in [0.05, 0.1) is 10.8 Å². The van der Waals surface area contributed by atoms with E-state index < -0.39 is 9.84 Å². The first-order valence-electron chi connectivity index (χ1n) is 6.58. The Bertz CT molecular complexity index is 652. The average molecular weight is 310 g/mol.